The van der Waals surface area contributed by atoms with Gasteiger partial charge in [0, 0.05) is 28.4 Å². The zero-order valence-electron chi connectivity index (χ0n) is 17.9. The summed E-state index contributed by atoms with van der Waals surface area (Å²) in [6.45, 7) is 2.07. The standard InChI is InChI=1S/C27H20N4O2/c1-17-28-21-11-5-2-8-18(21)27-26(20-10-4-7-13-23(20)31(17)27)29-25(33)16-30-15-14-24(32)19-9-3-6-12-22(19)30/h2-15H,16H2,1H3,(H,29,33). The second-order valence-corrected chi connectivity index (χ2v) is 8.13. The van der Waals surface area contributed by atoms with E-state index in [1.807, 2.05) is 73.7 Å². The smallest absolute Gasteiger partial charge is 0.244 e. The fourth-order valence-electron chi connectivity index (χ4n) is 4.69. The molecule has 0 unspecified atom stereocenters. The number of fused-ring (bicyclic) bond motifs is 6. The first-order valence-electron chi connectivity index (χ1n) is 10.8. The molecule has 1 amide bonds. The molecule has 0 aliphatic heterocycles. The van der Waals surface area contributed by atoms with Crippen molar-refractivity contribution in [3.05, 3.63) is 101 Å². The Balaban J connectivity index is 1.51. The summed E-state index contributed by atoms with van der Waals surface area (Å²) in [7, 11) is 0. The predicted octanol–water partition coefficient (Wildman–Crippen LogP) is 4.90. The molecule has 6 nitrogen and oxygen atoms in total. The van der Waals surface area contributed by atoms with E-state index in [2.05, 4.69) is 9.72 Å². The third kappa shape index (κ3) is 2.99. The summed E-state index contributed by atoms with van der Waals surface area (Å²) in [6.07, 6.45) is 1.67. The van der Waals surface area contributed by atoms with Gasteiger partial charge in [0.05, 0.1) is 27.8 Å². The first-order valence-corrected chi connectivity index (χ1v) is 10.8. The number of hydrogen-bond acceptors (Lipinski definition) is 3. The molecular formula is C27H20N4O2. The number of anilines is 1. The zero-order chi connectivity index (χ0) is 22.5. The van der Waals surface area contributed by atoms with Gasteiger partial charge in [-0.1, -0.05) is 48.5 Å². The van der Waals surface area contributed by atoms with Crippen molar-refractivity contribution in [3.63, 3.8) is 0 Å². The zero-order valence-corrected chi connectivity index (χ0v) is 17.9. The van der Waals surface area contributed by atoms with Crippen molar-refractivity contribution in [2.75, 3.05) is 5.32 Å². The molecule has 0 saturated carbocycles. The Labute approximate surface area is 188 Å². The molecule has 160 valence electrons. The lowest BCUT2D eigenvalue weighted by atomic mass is 10.1. The van der Waals surface area contributed by atoms with Crippen LogP contribution in [-0.2, 0) is 11.3 Å². The van der Waals surface area contributed by atoms with E-state index in [1.165, 1.54) is 6.07 Å². The number of aryl methyl sites for hydroxylation is 1. The number of rotatable bonds is 3. The lowest BCUT2D eigenvalue weighted by Gasteiger charge is -2.12. The molecule has 6 rings (SSSR count). The summed E-state index contributed by atoms with van der Waals surface area (Å²) < 4.78 is 3.90. The van der Waals surface area contributed by atoms with Crippen LogP contribution < -0.4 is 10.7 Å². The maximum atomic E-state index is 13.3. The Morgan fingerprint density at radius 2 is 1.52 bits per heavy atom. The molecule has 1 N–H and O–H groups in total. The number of benzene rings is 3. The van der Waals surface area contributed by atoms with E-state index >= 15 is 0 Å². The van der Waals surface area contributed by atoms with Crippen molar-refractivity contribution in [1.82, 2.24) is 14.0 Å². The lowest BCUT2D eigenvalue weighted by molar-refractivity contribution is -0.116. The number of carbonyl (C=O) groups is 1. The van der Waals surface area contributed by atoms with E-state index in [0.29, 0.717) is 5.39 Å². The quantitative estimate of drug-likeness (QED) is 0.432. The number of hydrogen-bond donors (Lipinski definition) is 1. The summed E-state index contributed by atoms with van der Waals surface area (Å²) in [5, 5.41) is 5.70. The molecule has 0 bridgehead atoms. The summed E-state index contributed by atoms with van der Waals surface area (Å²) >= 11 is 0. The topological polar surface area (TPSA) is 68.4 Å². The van der Waals surface area contributed by atoms with Gasteiger partial charge in [-0.2, -0.15) is 0 Å². The Bertz CT molecular complexity index is 1780. The number of pyridine rings is 1. The largest absolute Gasteiger partial charge is 0.338 e. The second kappa shape index (κ2) is 7.31. The van der Waals surface area contributed by atoms with E-state index in [0.717, 1.165) is 44.4 Å². The minimum Gasteiger partial charge on any atom is -0.338 e. The third-order valence-corrected chi connectivity index (χ3v) is 6.10. The average molecular weight is 432 g/mol. The highest BCUT2D eigenvalue weighted by Crippen LogP contribution is 2.36. The first-order chi connectivity index (χ1) is 16.1. The Hall–Kier alpha value is -4.45. The van der Waals surface area contributed by atoms with Crippen LogP contribution in [-0.4, -0.2) is 19.9 Å². The normalized spacial score (nSPS) is 11.5. The molecule has 0 atom stereocenters. The monoisotopic (exact) mass is 432 g/mol. The Morgan fingerprint density at radius 1 is 0.848 bits per heavy atom. The van der Waals surface area contributed by atoms with Crippen LogP contribution in [0.2, 0.25) is 0 Å². The third-order valence-electron chi connectivity index (χ3n) is 6.10. The van der Waals surface area contributed by atoms with Crippen LogP contribution in [0.15, 0.2) is 89.9 Å². The highest BCUT2D eigenvalue weighted by atomic mass is 16.2. The van der Waals surface area contributed by atoms with Crippen LogP contribution in [0.4, 0.5) is 5.69 Å². The van der Waals surface area contributed by atoms with Gasteiger partial charge in [0.25, 0.3) is 0 Å². The fraction of sp³-hybridized carbons (Fsp3) is 0.0741. The number of para-hydroxylation sites is 3. The molecule has 3 aromatic heterocycles. The molecule has 0 radical (unpaired) electrons. The van der Waals surface area contributed by atoms with E-state index in [-0.39, 0.29) is 17.9 Å². The van der Waals surface area contributed by atoms with Crippen molar-refractivity contribution in [2.24, 2.45) is 0 Å². The maximum Gasteiger partial charge on any atom is 0.244 e. The van der Waals surface area contributed by atoms with Gasteiger partial charge >= 0.3 is 0 Å². The van der Waals surface area contributed by atoms with Gasteiger partial charge in [0.2, 0.25) is 5.91 Å². The second-order valence-electron chi connectivity index (χ2n) is 8.13. The van der Waals surface area contributed by atoms with Gasteiger partial charge in [-0.05, 0) is 31.2 Å². The molecule has 3 heterocycles. The van der Waals surface area contributed by atoms with Gasteiger partial charge in [-0.25, -0.2) is 4.98 Å². The molecule has 33 heavy (non-hydrogen) atoms. The van der Waals surface area contributed by atoms with Crippen LogP contribution in [0.3, 0.4) is 0 Å². The van der Waals surface area contributed by atoms with E-state index in [1.54, 1.807) is 16.8 Å². The number of amides is 1. The molecular weight excluding hydrogens is 412 g/mol. The Kier molecular flexibility index (Phi) is 4.26. The van der Waals surface area contributed by atoms with E-state index in [4.69, 9.17) is 4.98 Å². The minimum atomic E-state index is -0.166. The highest BCUT2D eigenvalue weighted by Gasteiger charge is 2.19. The van der Waals surface area contributed by atoms with Crippen LogP contribution in [0, 0.1) is 6.92 Å². The van der Waals surface area contributed by atoms with Gasteiger partial charge in [0.1, 0.15) is 12.4 Å². The molecule has 0 aliphatic rings. The maximum absolute atomic E-state index is 13.3. The average Bonchev–Trinajstić information content (AvgIpc) is 3.16. The Morgan fingerprint density at radius 3 is 2.33 bits per heavy atom. The lowest BCUT2D eigenvalue weighted by Crippen LogP contribution is -2.20. The van der Waals surface area contributed by atoms with Gasteiger partial charge < -0.3 is 9.88 Å². The van der Waals surface area contributed by atoms with Crippen molar-refractivity contribution < 1.29 is 4.79 Å². The number of nitrogens with zero attached hydrogens (tertiary/aromatic N) is 3. The van der Waals surface area contributed by atoms with E-state index in [9.17, 15) is 9.59 Å². The fourth-order valence-corrected chi connectivity index (χ4v) is 4.69. The summed E-state index contributed by atoms with van der Waals surface area (Å²) in [5.41, 5.74) is 4.25. The van der Waals surface area contributed by atoms with Crippen molar-refractivity contribution in [1.29, 1.82) is 0 Å². The van der Waals surface area contributed by atoms with Crippen molar-refractivity contribution in [2.45, 2.75) is 13.5 Å². The molecule has 0 aliphatic carbocycles. The SMILES string of the molecule is Cc1nc2ccccc2c2c(NC(=O)Cn3ccc(=O)c4ccccc43)c3ccccc3n12. The summed E-state index contributed by atoms with van der Waals surface area (Å²) in [5.74, 6) is 0.687. The van der Waals surface area contributed by atoms with Gasteiger partial charge in [0.15, 0.2) is 5.43 Å². The minimum absolute atomic E-state index is 0.0545. The molecule has 6 aromatic rings. The van der Waals surface area contributed by atoms with Crippen LogP contribution >= 0.6 is 0 Å². The molecule has 3 aromatic carbocycles. The van der Waals surface area contributed by atoms with Gasteiger partial charge in [-0.15, -0.1) is 0 Å². The van der Waals surface area contributed by atoms with Crippen molar-refractivity contribution >= 4 is 49.8 Å². The van der Waals surface area contributed by atoms with Crippen LogP contribution in [0.1, 0.15) is 5.82 Å². The number of aromatic nitrogens is 3. The van der Waals surface area contributed by atoms with Crippen LogP contribution in [0.5, 0.6) is 0 Å². The molecule has 6 heteroatoms. The number of carbonyl (C=O) groups excluding carboxylic acids is 1. The highest BCUT2D eigenvalue weighted by molar-refractivity contribution is 6.16. The molecule has 0 spiro atoms. The van der Waals surface area contributed by atoms with Crippen molar-refractivity contribution in [3.8, 4) is 0 Å². The summed E-state index contributed by atoms with van der Waals surface area (Å²) in [4.78, 5) is 30.3. The summed E-state index contributed by atoms with van der Waals surface area (Å²) in [6, 6.07) is 24.8. The van der Waals surface area contributed by atoms with Gasteiger partial charge in [-0.3, -0.25) is 14.0 Å². The predicted molar refractivity (Wildman–Crippen MR) is 132 cm³/mol. The van der Waals surface area contributed by atoms with Crippen LogP contribution in [0.25, 0.3) is 38.2 Å². The first kappa shape index (κ1) is 19.3. The molecule has 0 saturated heterocycles. The molecule has 0 fully saturated rings. The van der Waals surface area contributed by atoms with E-state index < -0.39 is 0 Å². The number of nitrogens with one attached hydrogen (secondary N) is 1.